The normalized spacial score (nSPS) is 35.0. The Labute approximate surface area is 55.8 Å². The van der Waals surface area contributed by atoms with E-state index in [9.17, 15) is 4.79 Å². The molecule has 0 aromatic rings. The molecular weight excluding hydrogens is 112 g/mol. The summed E-state index contributed by atoms with van der Waals surface area (Å²) in [6, 6.07) is 0. The van der Waals surface area contributed by atoms with Gasteiger partial charge in [-0.15, -0.1) is 6.58 Å². The lowest BCUT2D eigenvalue weighted by atomic mass is 9.89. The van der Waals surface area contributed by atoms with Crippen LogP contribution in [0.4, 0.5) is 0 Å². The molecule has 1 rings (SSSR count). The lowest BCUT2D eigenvalue weighted by molar-refractivity contribution is -0.117. The Morgan fingerprint density at radius 1 is 1.78 bits per heavy atom. The first-order valence-electron chi connectivity index (χ1n) is 3.32. The molecule has 1 nitrogen and oxygen atoms in total. The molecule has 0 unspecified atom stereocenters. The average molecular weight is 124 g/mol. The summed E-state index contributed by atoms with van der Waals surface area (Å²) in [6.07, 6.45) is 4.35. The van der Waals surface area contributed by atoms with Crippen molar-refractivity contribution in [2.24, 2.45) is 5.41 Å². The third kappa shape index (κ3) is 1.21. The fourth-order valence-electron chi connectivity index (χ4n) is 1.23. The summed E-state index contributed by atoms with van der Waals surface area (Å²) in [5, 5.41) is 0. The van der Waals surface area contributed by atoms with Crippen LogP contribution < -0.4 is 0 Å². The van der Waals surface area contributed by atoms with E-state index in [0.717, 1.165) is 12.8 Å². The second-order valence-electron chi connectivity index (χ2n) is 3.07. The van der Waals surface area contributed by atoms with Crippen molar-refractivity contribution in [2.45, 2.75) is 26.2 Å². The van der Waals surface area contributed by atoms with E-state index in [4.69, 9.17) is 0 Å². The molecule has 1 aliphatic carbocycles. The van der Waals surface area contributed by atoms with Crippen LogP contribution in [-0.4, -0.2) is 5.78 Å². The van der Waals surface area contributed by atoms with Crippen LogP contribution in [0, 0.1) is 5.41 Å². The van der Waals surface area contributed by atoms with Crippen molar-refractivity contribution in [3.05, 3.63) is 12.7 Å². The van der Waals surface area contributed by atoms with E-state index < -0.39 is 0 Å². The third-order valence-corrected chi connectivity index (χ3v) is 2.07. The van der Waals surface area contributed by atoms with Crippen molar-refractivity contribution in [3.63, 3.8) is 0 Å². The standard InChI is InChI=1S/C8H12O/c1-3-8(2)5-4-7(9)6-8/h3H,1,4-6H2,2H3/t8-/m0/s1. The molecule has 0 bridgehead atoms. The highest BCUT2D eigenvalue weighted by atomic mass is 16.1. The zero-order valence-corrected chi connectivity index (χ0v) is 5.81. The molecule has 1 aliphatic rings. The quantitative estimate of drug-likeness (QED) is 0.488. The van der Waals surface area contributed by atoms with Crippen LogP contribution in [-0.2, 0) is 4.79 Å². The first kappa shape index (κ1) is 6.53. The first-order chi connectivity index (χ1) is 4.16. The van der Waals surface area contributed by atoms with Gasteiger partial charge in [-0.3, -0.25) is 4.79 Å². The molecular formula is C8H12O. The second kappa shape index (κ2) is 1.98. The van der Waals surface area contributed by atoms with E-state index in [2.05, 4.69) is 13.5 Å². The van der Waals surface area contributed by atoms with Gasteiger partial charge in [0, 0.05) is 12.8 Å². The Balaban J connectivity index is 2.65. The monoisotopic (exact) mass is 124 g/mol. The van der Waals surface area contributed by atoms with Crippen LogP contribution in [0.5, 0.6) is 0 Å². The predicted molar refractivity (Wildman–Crippen MR) is 37.2 cm³/mol. The lowest BCUT2D eigenvalue weighted by Crippen LogP contribution is -2.06. The number of carbonyl (C=O) groups is 1. The Morgan fingerprint density at radius 2 is 2.44 bits per heavy atom. The molecule has 9 heavy (non-hydrogen) atoms. The summed E-state index contributed by atoms with van der Waals surface area (Å²) >= 11 is 0. The summed E-state index contributed by atoms with van der Waals surface area (Å²) in [4.78, 5) is 10.8. The molecule has 1 saturated carbocycles. The van der Waals surface area contributed by atoms with Crippen molar-refractivity contribution in [2.75, 3.05) is 0 Å². The molecule has 1 heteroatoms. The molecule has 0 heterocycles. The Kier molecular flexibility index (Phi) is 1.43. The summed E-state index contributed by atoms with van der Waals surface area (Å²) in [5.41, 5.74) is 0.122. The number of allylic oxidation sites excluding steroid dienone is 1. The minimum Gasteiger partial charge on any atom is -0.300 e. The molecule has 0 aromatic carbocycles. The van der Waals surface area contributed by atoms with Gasteiger partial charge < -0.3 is 0 Å². The Morgan fingerprint density at radius 3 is 2.67 bits per heavy atom. The smallest absolute Gasteiger partial charge is 0.133 e. The van der Waals surface area contributed by atoms with Gasteiger partial charge in [0.05, 0.1) is 0 Å². The largest absolute Gasteiger partial charge is 0.300 e. The van der Waals surface area contributed by atoms with Crippen molar-refractivity contribution in [1.82, 2.24) is 0 Å². The highest BCUT2D eigenvalue weighted by molar-refractivity contribution is 5.81. The molecule has 0 aromatic heterocycles. The van der Waals surface area contributed by atoms with Crippen LogP contribution in [0.25, 0.3) is 0 Å². The van der Waals surface area contributed by atoms with E-state index in [1.54, 1.807) is 0 Å². The average Bonchev–Trinajstić information content (AvgIpc) is 2.13. The number of carbonyl (C=O) groups excluding carboxylic acids is 1. The summed E-state index contributed by atoms with van der Waals surface area (Å²) in [7, 11) is 0. The highest BCUT2D eigenvalue weighted by Gasteiger charge is 2.30. The van der Waals surface area contributed by atoms with Crippen LogP contribution in [0.2, 0.25) is 0 Å². The molecule has 1 atom stereocenters. The first-order valence-corrected chi connectivity index (χ1v) is 3.32. The predicted octanol–water partition coefficient (Wildman–Crippen LogP) is 1.93. The van der Waals surface area contributed by atoms with E-state index in [0.29, 0.717) is 12.2 Å². The van der Waals surface area contributed by atoms with Gasteiger partial charge in [-0.2, -0.15) is 0 Å². The van der Waals surface area contributed by atoms with E-state index in [1.807, 2.05) is 6.08 Å². The van der Waals surface area contributed by atoms with Crippen molar-refractivity contribution < 1.29 is 4.79 Å². The Hall–Kier alpha value is -0.590. The third-order valence-electron chi connectivity index (χ3n) is 2.07. The number of hydrogen-bond donors (Lipinski definition) is 0. The van der Waals surface area contributed by atoms with Crippen molar-refractivity contribution in [3.8, 4) is 0 Å². The van der Waals surface area contributed by atoms with Crippen LogP contribution in [0.15, 0.2) is 12.7 Å². The lowest BCUT2D eigenvalue weighted by Gasteiger charge is -2.14. The molecule has 0 spiro atoms. The minimum absolute atomic E-state index is 0.122. The van der Waals surface area contributed by atoms with Gasteiger partial charge in [-0.1, -0.05) is 13.0 Å². The zero-order valence-electron chi connectivity index (χ0n) is 5.81. The van der Waals surface area contributed by atoms with Gasteiger partial charge in [0.25, 0.3) is 0 Å². The van der Waals surface area contributed by atoms with Gasteiger partial charge >= 0.3 is 0 Å². The maximum atomic E-state index is 10.8. The zero-order chi connectivity index (χ0) is 6.91. The number of ketones is 1. The highest BCUT2D eigenvalue weighted by Crippen LogP contribution is 2.35. The van der Waals surface area contributed by atoms with Gasteiger partial charge in [0.15, 0.2) is 0 Å². The van der Waals surface area contributed by atoms with Gasteiger partial charge in [-0.05, 0) is 11.8 Å². The molecule has 0 saturated heterocycles. The molecule has 50 valence electrons. The summed E-state index contributed by atoms with van der Waals surface area (Å²) in [5.74, 6) is 0.386. The van der Waals surface area contributed by atoms with Gasteiger partial charge in [0.2, 0.25) is 0 Å². The van der Waals surface area contributed by atoms with Crippen LogP contribution in [0.1, 0.15) is 26.2 Å². The van der Waals surface area contributed by atoms with Gasteiger partial charge in [-0.25, -0.2) is 0 Å². The Bertz CT molecular complexity index is 149. The van der Waals surface area contributed by atoms with Crippen molar-refractivity contribution >= 4 is 5.78 Å². The number of rotatable bonds is 1. The van der Waals surface area contributed by atoms with E-state index >= 15 is 0 Å². The van der Waals surface area contributed by atoms with E-state index in [1.165, 1.54) is 0 Å². The van der Waals surface area contributed by atoms with Crippen LogP contribution in [0.3, 0.4) is 0 Å². The minimum atomic E-state index is 0.122. The summed E-state index contributed by atoms with van der Waals surface area (Å²) < 4.78 is 0. The maximum absolute atomic E-state index is 10.8. The molecule has 0 aliphatic heterocycles. The van der Waals surface area contributed by atoms with E-state index in [-0.39, 0.29) is 5.41 Å². The number of hydrogen-bond acceptors (Lipinski definition) is 1. The molecule has 0 amide bonds. The van der Waals surface area contributed by atoms with Crippen molar-refractivity contribution in [1.29, 1.82) is 0 Å². The van der Waals surface area contributed by atoms with Gasteiger partial charge in [0.1, 0.15) is 5.78 Å². The topological polar surface area (TPSA) is 17.1 Å². The fourth-order valence-corrected chi connectivity index (χ4v) is 1.23. The SMILES string of the molecule is C=C[C@@]1(C)CCC(=O)C1. The molecule has 0 N–H and O–H groups in total. The maximum Gasteiger partial charge on any atom is 0.133 e. The fraction of sp³-hybridized carbons (Fsp3) is 0.625. The second-order valence-corrected chi connectivity index (χ2v) is 3.07. The number of Topliss-reactive ketones (excluding diaryl/α,β-unsaturated/α-hetero) is 1. The van der Waals surface area contributed by atoms with Crippen LogP contribution >= 0.6 is 0 Å². The molecule has 0 radical (unpaired) electrons. The molecule has 1 fully saturated rings. The summed E-state index contributed by atoms with van der Waals surface area (Å²) in [6.45, 7) is 5.78.